The Bertz CT molecular complexity index is 805. The van der Waals surface area contributed by atoms with E-state index in [0.29, 0.717) is 35.8 Å². The molecule has 0 spiro atoms. The molecule has 2 aromatic rings. The van der Waals surface area contributed by atoms with Crippen molar-refractivity contribution in [1.29, 1.82) is 0 Å². The van der Waals surface area contributed by atoms with Crippen molar-refractivity contribution in [2.75, 3.05) is 13.2 Å². The first-order valence-corrected chi connectivity index (χ1v) is 10.7. The molecule has 6 nitrogen and oxygen atoms in total. The van der Waals surface area contributed by atoms with Crippen LogP contribution >= 0.6 is 0 Å². The average molecular weight is 412 g/mol. The first-order valence-electron chi connectivity index (χ1n) is 10.7. The number of aliphatic hydroxyl groups is 1. The number of carbonyl (C=O) groups is 1. The van der Waals surface area contributed by atoms with Crippen molar-refractivity contribution in [1.82, 2.24) is 0 Å². The number of hydrogen-bond donors (Lipinski definition) is 1. The third-order valence-corrected chi connectivity index (χ3v) is 5.39. The molecule has 3 atom stereocenters. The number of ether oxygens (including phenoxy) is 4. The summed E-state index contributed by atoms with van der Waals surface area (Å²) in [6, 6.07) is 13.7. The highest BCUT2D eigenvalue weighted by molar-refractivity contribution is 5.99. The van der Waals surface area contributed by atoms with Gasteiger partial charge in [-0.3, -0.25) is 4.79 Å². The van der Waals surface area contributed by atoms with Crippen LogP contribution in [0.1, 0.15) is 60.6 Å². The summed E-state index contributed by atoms with van der Waals surface area (Å²) in [6.07, 6.45) is 4.35. The molecule has 2 aromatic carbocycles. The number of ketones is 1. The highest BCUT2D eigenvalue weighted by Crippen LogP contribution is 2.25. The van der Waals surface area contributed by atoms with Crippen molar-refractivity contribution in [3.05, 3.63) is 59.7 Å². The van der Waals surface area contributed by atoms with Crippen molar-refractivity contribution in [3.8, 4) is 11.5 Å². The van der Waals surface area contributed by atoms with Gasteiger partial charge in [0.2, 0.25) is 0 Å². The van der Waals surface area contributed by atoms with Crippen LogP contribution in [0, 0.1) is 0 Å². The van der Waals surface area contributed by atoms with E-state index in [2.05, 4.69) is 0 Å². The fraction of sp³-hybridized carbons (Fsp3) is 0.458. The Hall–Kier alpha value is -2.41. The standard InChI is InChI=1S/C24H28O6/c25-23(17-7-11-19(12-8-17)29-21-5-1-3-15-27-21)24(26)18-9-13-20(14-10-18)30-22-6-2-4-16-28-22/h7-14,21-23,25H,1-6,15-16H2. The minimum Gasteiger partial charge on any atom is -0.465 e. The van der Waals surface area contributed by atoms with Crippen LogP contribution in [-0.4, -0.2) is 36.7 Å². The van der Waals surface area contributed by atoms with Crippen molar-refractivity contribution in [2.45, 2.75) is 57.2 Å². The van der Waals surface area contributed by atoms with Gasteiger partial charge in [0, 0.05) is 18.4 Å². The van der Waals surface area contributed by atoms with Crippen LogP contribution in [-0.2, 0) is 9.47 Å². The minimum absolute atomic E-state index is 0.226. The van der Waals surface area contributed by atoms with Gasteiger partial charge < -0.3 is 24.1 Å². The summed E-state index contributed by atoms with van der Waals surface area (Å²) in [4.78, 5) is 12.7. The maximum absolute atomic E-state index is 12.7. The van der Waals surface area contributed by atoms with Gasteiger partial charge in [-0.2, -0.15) is 0 Å². The SMILES string of the molecule is O=C(c1ccc(OC2CCCCO2)cc1)C(O)c1ccc(OC2CCCCO2)cc1. The number of hydrogen-bond acceptors (Lipinski definition) is 6. The van der Waals surface area contributed by atoms with Crippen LogP contribution < -0.4 is 9.47 Å². The normalized spacial score (nSPS) is 22.8. The van der Waals surface area contributed by atoms with E-state index in [1.54, 1.807) is 48.5 Å². The van der Waals surface area contributed by atoms with Gasteiger partial charge in [-0.25, -0.2) is 0 Å². The number of Topliss-reactive ketones (excluding diaryl/α,β-unsaturated/α-hetero) is 1. The number of aliphatic hydroxyl groups excluding tert-OH is 1. The van der Waals surface area contributed by atoms with Crippen LogP contribution in [0.5, 0.6) is 11.5 Å². The number of rotatable bonds is 7. The molecule has 160 valence electrons. The Balaban J connectivity index is 1.34. The maximum Gasteiger partial charge on any atom is 0.199 e. The highest BCUT2D eigenvalue weighted by atomic mass is 16.7. The summed E-state index contributed by atoms with van der Waals surface area (Å²) < 4.78 is 22.7. The molecule has 0 saturated carbocycles. The zero-order chi connectivity index (χ0) is 20.8. The molecule has 0 radical (unpaired) electrons. The van der Waals surface area contributed by atoms with Crippen molar-refractivity contribution >= 4 is 5.78 Å². The lowest BCUT2D eigenvalue weighted by Gasteiger charge is -2.23. The van der Waals surface area contributed by atoms with Gasteiger partial charge in [-0.1, -0.05) is 12.1 Å². The molecule has 2 aliphatic rings. The van der Waals surface area contributed by atoms with Crippen LogP contribution in [0.4, 0.5) is 0 Å². The van der Waals surface area contributed by atoms with E-state index < -0.39 is 6.10 Å². The Kier molecular flexibility index (Phi) is 7.00. The average Bonchev–Trinajstić information content (AvgIpc) is 2.80. The molecule has 0 amide bonds. The predicted molar refractivity (Wildman–Crippen MR) is 111 cm³/mol. The summed E-state index contributed by atoms with van der Waals surface area (Å²) in [5.41, 5.74) is 0.947. The smallest absolute Gasteiger partial charge is 0.199 e. The molecule has 0 bridgehead atoms. The van der Waals surface area contributed by atoms with Crippen molar-refractivity contribution in [3.63, 3.8) is 0 Å². The monoisotopic (exact) mass is 412 g/mol. The van der Waals surface area contributed by atoms with Crippen LogP contribution in [0.3, 0.4) is 0 Å². The summed E-state index contributed by atoms with van der Waals surface area (Å²) in [5, 5.41) is 10.5. The van der Waals surface area contributed by atoms with E-state index in [1.165, 1.54) is 0 Å². The van der Waals surface area contributed by atoms with E-state index in [9.17, 15) is 9.90 Å². The number of carbonyl (C=O) groups excluding carboxylic acids is 1. The van der Waals surface area contributed by atoms with Gasteiger partial charge in [0.15, 0.2) is 18.4 Å². The third-order valence-electron chi connectivity index (χ3n) is 5.39. The van der Waals surface area contributed by atoms with E-state index in [0.717, 1.165) is 38.5 Å². The summed E-state index contributed by atoms with van der Waals surface area (Å²) >= 11 is 0. The first kappa shape index (κ1) is 20.8. The van der Waals surface area contributed by atoms with E-state index >= 15 is 0 Å². The van der Waals surface area contributed by atoms with Gasteiger partial charge in [0.25, 0.3) is 0 Å². The largest absolute Gasteiger partial charge is 0.465 e. The van der Waals surface area contributed by atoms with Gasteiger partial charge in [0.1, 0.15) is 17.6 Å². The molecule has 3 unspecified atom stereocenters. The Labute approximate surface area is 176 Å². The molecule has 4 rings (SSSR count). The predicted octanol–water partition coefficient (Wildman–Crippen LogP) is 4.41. The lowest BCUT2D eigenvalue weighted by Crippen LogP contribution is -2.25. The Morgan fingerprint density at radius 2 is 1.30 bits per heavy atom. The fourth-order valence-corrected chi connectivity index (χ4v) is 3.65. The first-order chi connectivity index (χ1) is 14.7. The van der Waals surface area contributed by atoms with Crippen LogP contribution in [0.2, 0.25) is 0 Å². The van der Waals surface area contributed by atoms with Gasteiger partial charge >= 0.3 is 0 Å². The molecule has 2 saturated heterocycles. The Morgan fingerprint density at radius 1 is 0.800 bits per heavy atom. The quantitative estimate of drug-likeness (QED) is 0.679. The topological polar surface area (TPSA) is 74.2 Å². The second-order valence-corrected chi connectivity index (χ2v) is 7.69. The van der Waals surface area contributed by atoms with E-state index in [4.69, 9.17) is 18.9 Å². The zero-order valence-corrected chi connectivity index (χ0v) is 17.0. The molecule has 2 heterocycles. The van der Waals surface area contributed by atoms with E-state index in [-0.39, 0.29) is 18.4 Å². The van der Waals surface area contributed by atoms with Gasteiger partial charge in [-0.05, 0) is 67.6 Å². The third kappa shape index (κ3) is 5.39. The molecular formula is C24H28O6. The molecule has 30 heavy (non-hydrogen) atoms. The summed E-state index contributed by atoms with van der Waals surface area (Å²) in [7, 11) is 0. The summed E-state index contributed by atoms with van der Waals surface area (Å²) in [6.45, 7) is 1.43. The van der Waals surface area contributed by atoms with Crippen LogP contribution in [0.25, 0.3) is 0 Å². The van der Waals surface area contributed by atoms with Crippen molar-refractivity contribution < 1.29 is 28.8 Å². The van der Waals surface area contributed by atoms with Gasteiger partial charge in [-0.15, -0.1) is 0 Å². The molecule has 1 N–H and O–H groups in total. The van der Waals surface area contributed by atoms with Crippen LogP contribution in [0.15, 0.2) is 48.5 Å². The molecule has 2 aliphatic heterocycles. The second kappa shape index (κ2) is 10.1. The zero-order valence-electron chi connectivity index (χ0n) is 17.0. The van der Waals surface area contributed by atoms with Gasteiger partial charge in [0.05, 0.1) is 13.2 Å². The fourth-order valence-electron chi connectivity index (χ4n) is 3.65. The maximum atomic E-state index is 12.7. The van der Waals surface area contributed by atoms with Crippen molar-refractivity contribution in [2.24, 2.45) is 0 Å². The summed E-state index contributed by atoms with van der Waals surface area (Å²) in [5.74, 6) is 0.954. The molecule has 0 aliphatic carbocycles. The Morgan fingerprint density at radius 3 is 1.77 bits per heavy atom. The minimum atomic E-state index is -1.24. The molecule has 6 heteroatoms. The highest BCUT2D eigenvalue weighted by Gasteiger charge is 2.21. The number of benzene rings is 2. The lowest BCUT2D eigenvalue weighted by atomic mass is 10.00. The molecule has 0 aromatic heterocycles. The molecule has 2 fully saturated rings. The second-order valence-electron chi connectivity index (χ2n) is 7.69. The van der Waals surface area contributed by atoms with E-state index in [1.807, 2.05) is 0 Å². The molecular weight excluding hydrogens is 384 g/mol. The lowest BCUT2D eigenvalue weighted by molar-refractivity contribution is -0.106.